The van der Waals surface area contributed by atoms with Crippen molar-refractivity contribution in [2.24, 2.45) is 0 Å². The van der Waals surface area contributed by atoms with Crippen molar-refractivity contribution in [3.05, 3.63) is 30.3 Å². The lowest BCUT2D eigenvalue weighted by Gasteiger charge is -2.41. The van der Waals surface area contributed by atoms with Gasteiger partial charge in [0.15, 0.2) is 0 Å². The second kappa shape index (κ2) is 6.43. The molecule has 1 aromatic carbocycles. The Morgan fingerprint density at radius 1 is 1.17 bits per heavy atom. The summed E-state index contributed by atoms with van der Waals surface area (Å²) in [4.78, 5) is 26.2. The van der Waals surface area contributed by atoms with Crippen molar-refractivity contribution >= 4 is 11.9 Å². The third-order valence-corrected chi connectivity index (χ3v) is 4.98. The number of ether oxygens (including phenoxy) is 2. The van der Waals surface area contributed by atoms with Crippen LogP contribution in [0.4, 0.5) is 0 Å². The number of carbonyl (C=O) groups excluding carboxylic acids is 1. The van der Waals surface area contributed by atoms with Crippen LogP contribution < -0.4 is 4.74 Å². The number of hydrogen-bond acceptors (Lipinski definition) is 4. The van der Waals surface area contributed by atoms with E-state index >= 15 is 0 Å². The number of para-hydroxylation sites is 1. The fourth-order valence-corrected chi connectivity index (χ4v) is 3.43. The molecule has 0 saturated carbocycles. The Labute approximate surface area is 141 Å². The lowest BCUT2D eigenvalue weighted by molar-refractivity contribution is -0.166. The number of carbonyl (C=O) groups is 2. The normalized spacial score (nSPS) is 26.1. The van der Waals surface area contributed by atoms with Gasteiger partial charge in [0.2, 0.25) is 5.60 Å². The molecule has 3 rings (SSSR count). The van der Waals surface area contributed by atoms with Crippen molar-refractivity contribution < 1.29 is 24.2 Å². The average Bonchev–Trinajstić information content (AvgIpc) is 3.03. The van der Waals surface area contributed by atoms with Crippen LogP contribution in [0, 0.1) is 0 Å². The highest BCUT2D eigenvalue weighted by Crippen LogP contribution is 2.33. The molecule has 1 atom stereocenters. The number of benzene rings is 1. The second-order valence-corrected chi connectivity index (χ2v) is 6.69. The molecule has 0 radical (unpaired) electrons. The van der Waals surface area contributed by atoms with Crippen LogP contribution in [0.15, 0.2) is 30.3 Å². The number of amides is 1. The van der Waals surface area contributed by atoms with Crippen LogP contribution in [0.2, 0.25) is 0 Å². The zero-order valence-corrected chi connectivity index (χ0v) is 13.9. The summed E-state index contributed by atoms with van der Waals surface area (Å²) in [5.74, 6) is -0.494. The van der Waals surface area contributed by atoms with Gasteiger partial charge in [-0.2, -0.15) is 0 Å². The topological polar surface area (TPSA) is 76.1 Å². The van der Waals surface area contributed by atoms with Gasteiger partial charge in [-0.3, -0.25) is 4.79 Å². The quantitative estimate of drug-likeness (QED) is 0.913. The molecule has 1 aromatic rings. The maximum atomic E-state index is 12.7. The van der Waals surface area contributed by atoms with E-state index < -0.39 is 17.2 Å². The highest BCUT2D eigenvalue weighted by molar-refractivity contribution is 5.86. The van der Waals surface area contributed by atoms with Crippen molar-refractivity contribution in [1.29, 1.82) is 0 Å². The van der Waals surface area contributed by atoms with E-state index in [-0.39, 0.29) is 18.7 Å². The van der Waals surface area contributed by atoms with Crippen LogP contribution in [0.5, 0.6) is 5.75 Å². The first-order valence-corrected chi connectivity index (χ1v) is 8.36. The molecular weight excluding hydrogens is 310 g/mol. The molecule has 130 valence electrons. The zero-order chi connectivity index (χ0) is 17.2. The Balaban J connectivity index is 1.69. The zero-order valence-electron chi connectivity index (χ0n) is 13.9. The summed E-state index contributed by atoms with van der Waals surface area (Å²) in [5.41, 5.74) is -2.04. The van der Waals surface area contributed by atoms with Crippen molar-refractivity contribution in [2.45, 2.75) is 43.8 Å². The monoisotopic (exact) mass is 333 g/mol. The molecule has 0 bridgehead atoms. The number of aliphatic carboxylic acids is 1. The standard InChI is InChI=1S/C18H23NO5/c1-17(8-5-13-23-17)15(20)19-11-9-18(10-12-19,16(21)22)24-14-6-3-2-4-7-14/h2-4,6-7H,5,8-13H2,1H3,(H,21,22)/t17-/m1/s1. The Hall–Kier alpha value is -2.08. The molecule has 0 spiro atoms. The molecule has 2 fully saturated rings. The van der Waals surface area contributed by atoms with Gasteiger partial charge in [-0.05, 0) is 31.9 Å². The SMILES string of the molecule is C[C@]1(C(=O)N2CCC(Oc3ccccc3)(C(=O)O)CC2)CCCO1. The van der Waals surface area contributed by atoms with E-state index in [1.807, 2.05) is 25.1 Å². The lowest BCUT2D eigenvalue weighted by atomic mass is 9.89. The number of carboxylic acids is 1. The number of hydrogen-bond donors (Lipinski definition) is 1. The molecule has 2 aliphatic rings. The molecule has 0 unspecified atom stereocenters. The summed E-state index contributed by atoms with van der Waals surface area (Å²) >= 11 is 0. The highest BCUT2D eigenvalue weighted by atomic mass is 16.5. The minimum Gasteiger partial charge on any atom is -0.478 e. The number of carboxylic acid groups (broad SMARTS) is 1. The van der Waals surface area contributed by atoms with Gasteiger partial charge in [-0.15, -0.1) is 0 Å². The molecular formula is C18H23NO5. The second-order valence-electron chi connectivity index (χ2n) is 6.69. The maximum absolute atomic E-state index is 12.7. The Kier molecular flexibility index (Phi) is 4.49. The number of likely N-dealkylation sites (tertiary alicyclic amines) is 1. The predicted octanol–water partition coefficient (Wildman–Crippen LogP) is 2.08. The molecule has 1 amide bonds. The van der Waals surface area contributed by atoms with Gasteiger partial charge >= 0.3 is 5.97 Å². The largest absolute Gasteiger partial charge is 0.478 e. The Morgan fingerprint density at radius 2 is 1.83 bits per heavy atom. The Morgan fingerprint density at radius 3 is 2.38 bits per heavy atom. The van der Waals surface area contributed by atoms with Gasteiger partial charge in [-0.25, -0.2) is 4.79 Å². The summed E-state index contributed by atoms with van der Waals surface area (Å²) in [6.07, 6.45) is 2.12. The summed E-state index contributed by atoms with van der Waals surface area (Å²) in [5, 5.41) is 9.68. The maximum Gasteiger partial charge on any atom is 0.348 e. The highest BCUT2D eigenvalue weighted by Gasteiger charge is 2.48. The van der Waals surface area contributed by atoms with E-state index in [0.29, 0.717) is 31.9 Å². The van der Waals surface area contributed by atoms with Crippen LogP contribution in [0.25, 0.3) is 0 Å². The van der Waals surface area contributed by atoms with Crippen molar-refractivity contribution in [1.82, 2.24) is 4.90 Å². The van der Waals surface area contributed by atoms with E-state index in [9.17, 15) is 14.7 Å². The summed E-state index contributed by atoms with van der Waals surface area (Å²) in [6, 6.07) is 8.96. The molecule has 0 aliphatic carbocycles. The summed E-state index contributed by atoms with van der Waals surface area (Å²) in [7, 11) is 0. The van der Waals surface area contributed by atoms with Crippen LogP contribution in [-0.2, 0) is 14.3 Å². The molecule has 2 saturated heterocycles. The molecule has 6 heteroatoms. The minimum absolute atomic E-state index is 0.0429. The van der Waals surface area contributed by atoms with Crippen LogP contribution in [0.1, 0.15) is 32.6 Å². The fourth-order valence-electron chi connectivity index (χ4n) is 3.43. The van der Waals surface area contributed by atoms with Crippen molar-refractivity contribution in [3.8, 4) is 5.75 Å². The van der Waals surface area contributed by atoms with Crippen LogP contribution >= 0.6 is 0 Å². The molecule has 2 aliphatic heterocycles. The first kappa shape index (κ1) is 16.8. The van der Waals surface area contributed by atoms with Gasteiger partial charge in [0.25, 0.3) is 5.91 Å². The molecule has 24 heavy (non-hydrogen) atoms. The Bertz CT molecular complexity index is 601. The summed E-state index contributed by atoms with van der Waals surface area (Å²) in [6.45, 7) is 3.14. The van der Waals surface area contributed by atoms with E-state index in [1.165, 1.54) is 0 Å². The summed E-state index contributed by atoms with van der Waals surface area (Å²) < 4.78 is 11.4. The van der Waals surface area contributed by atoms with Crippen LogP contribution in [0.3, 0.4) is 0 Å². The average molecular weight is 333 g/mol. The van der Waals surface area contributed by atoms with E-state index in [1.54, 1.807) is 17.0 Å². The first-order chi connectivity index (χ1) is 11.5. The third-order valence-electron chi connectivity index (χ3n) is 4.98. The van der Waals surface area contributed by atoms with Gasteiger partial charge in [0, 0.05) is 32.5 Å². The molecule has 0 aromatic heterocycles. The van der Waals surface area contributed by atoms with Crippen LogP contribution in [-0.4, -0.2) is 52.8 Å². The molecule has 2 heterocycles. The first-order valence-electron chi connectivity index (χ1n) is 8.36. The lowest BCUT2D eigenvalue weighted by Crippen LogP contribution is -2.57. The number of nitrogens with zero attached hydrogens (tertiary/aromatic N) is 1. The number of rotatable bonds is 4. The number of piperidine rings is 1. The van der Waals surface area contributed by atoms with E-state index in [4.69, 9.17) is 9.47 Å². The predicted molar refractivity (Wildman–Crippen MR) is 86.8 cm³/mol. The van der Waals surface area contributed by atoms with Gasteiger partial charge in [0.1, 0.15) is 11.4 Å². The van der Waals surface area contributed by atoms with E-state index in [2.05, 4.69) is 0 Å². The van der Waals surface area contributed by atoms with E-state index in [0.717, 1.165) is 6.42 Å². The van der Waals surface area contributed by atoms with Crippen molar-refractivity contribution in [2.75, 3.05) is 19.7 Å². The van der Waals surface area contributed by atoms with Gasteiger partial charge < -0.3 is 19.5 Å². The van der Waals surface area contributed by atoms with Crippen molar-refractivity contribution in [3.63, 3.8) is 0 Å². The molecule has 1 N–H and O–H groups in total. The smallest absolute Gasteiger partial charge is 0.348 e. The van der Waals surface area contributed by atoms with Gasteiger partial charge in [0.05, 0.1) is 0 Å². The fraction of sp³-hybridized carbons (Fsp3) is 0.556. The molecule has 6 nitrogen and oxygen atoms in total. The third kappa shape index (κ3) is 3.11. The van der Waals surface area contributed by atoms with Gasteiger partial charge in [-0.1, -0.05) is 18.2 Å². The minimum atomic E-state index is -1.28.